The van der Waals surface area contributed by atoms with Crippen LogP contribution in [0.3, 0.4) is 0 Å². The fourth-order valence-electron chi connectivity index (χ4n) is 1.57. The normalized spacial score (nSPS) is 10.3. The average Bonchev–Trinajstić information content (AvgIpc) is 2.90. The SMILES string of the molecule is COc1ccc(NC(=O)c2cn(CCN)nn2)c(O)c1. The van der Waals surface area contributed by atoms with Crippen molar-refractivity contribution in [1.82, 2.24) is 15.0 Å². The van der Waals surface area contributed by atoms with Gasteiger partial charge in [0.2, 0.25) is 0 Å². The molecular formula is C12H15N5O3. The first-order chi connectivity index (χ1) is 9.63. The summed E-state index contributed by atoms with van der Waals surface area (Å²) >= 11 is 0. The summed E-state index contributed by atoms with van der Waals surface area (Å²) in [4.78, 5) is 11.9. The van der Waals surface area contributed by atoms with Crippen LogP contribution in [0, 0.1) is 0 Å². The molecule has 8 nitrogen and oxygen atoms in total. The van der Waals surface area contributed by atoms with Gasteiger partial charge in [-0.3, -0.25) is 9.48 Å². The van der Waals surface area contributed by atoms with E-state index in [2.05, 4.69) is 15.6 Å². The second kappa shape index (κ2) is 6.02. The van der Waals surface area contributed by atoms with E-state index < -0.39 is 5.91 Å². The number of amides is 1. The Kier molecular flexibility index (Phi) is 4.16. The predicted octanol–water partition coefficient (Wildman–Crippen LogP) is 0.203. The van der Waals surface area contributed by atoms with Crippen molar-refractivity contribution in [3.8, 4) is 11.5 Å². The number of nitrogens with zero attached hydrogens (tertiary/aromatic N) is 3. The van der Waals surface area contributed by atoms with Crippen molar-refractivity contribution in [2.75, 3.05) is 19.0 Å². The van der Waals surface area contributed by atoms with E-state index in [1.807, 2.05) is 0 Å². The van der Waals surface area contributed by atoms with Gasteiger partial charge in [-0.05, 0) is 12.1 Å². The van der Waals surface area contributed by atoms with Crippen molar-refractivity contribution in [1.29, 1.82) is 0 Å². The van der Waals surface area contributed by atoms with Gasteiger partial charge in [0.25, 0.3) is 5.91 Å². The van der Waals surface area contributed by atoms with Gasteiger partial charge in [-0.1, -0.05) is 5.21 Å². The fourth-order valence-corrected chi connectivity index (χ4v) is 1.57. The molecule has 0 aliphatic rings. The summed E-state index contributed by atoms with van der Waals surface area (Å²) in [6.07, 6.45) is 1.49. The van der Waals surface area contributed by atoms with Gasteiger partial charge < -0.3 is 20.9 Å². The fraction of sp³-hybridized carbons (Fsp3) is 0.250. The first-order valence-electron chi connectivity index (χ1n) is 5.92. The molecule has 2 aromatic rings. The summed E-state index contributed by atoms with van der Waals surface area (Å²) in [5.41, 5.74) is 5.80. The number of rotatable bonds is 5. The maximum atomic E-state index is 11.9. The van der Waals surface area contributed by atoms with Crippen molar-refractivity contribution in [3.63, 3.8) is 0 Å². The molecule has 2 rings (SSSR count). The minimum absolute atomic E-state index is 0.0907. The summed E-state index contributed by atoms with van der Waals surface area (Å²) in [6, 6.07) is 4.57. The highest BCUT2D eigenvalue weighted by Crippen LogP contribution is 2.28. The zero-order valence-corrected chi connectivity index (χ0v) is 10.9. The van der Waals surface area contributed by atoms with E-state index in [9.17, 15) is 9.90 Å². The van der Waals surface area contributed by atoms with Crippen molar-refractivity contribution < 1.29 is 14.6 Å². The molecule has 20 heavy (non-hydrogen) atoms. The molecule has 1 heterocycles. The van der Waals surface area contributed by atoms with E-state index >= 15 is 0 Å². The van der Waals surface area contributed by atoms with Gasteiger partial charge in [0.05, 0.1) is 25.5 Å². The first kappa shape index (κ1) is 13.8. The lowest BCUT2D eigenvalue weighted by atomic mass is 10.2. The molecule has 0 fully saturated rings. The second-order valence-corrected chi connectivity index (χ2v) is 3.99. The number of nitrogens with one attached hydrogen (secondary N) is 1. The molecule has 0 saturated carbocycles. The van der Waals surface area contributed by atoms with Crippen LogP contribution in [0.15, 0.2) is 24.4 Å². The Balaban J connectivity index is 2.10. The number of ether oxygens (including phenoxy) is 1. The largest absolute Gasteiger partial charge is 0.506 e. The molecule has 1 aromatic carbocycles. The number of benzene rings is 1. The molecule has 106 valence electrons. The van der Waals surface area contributed by atoms with E-state index in [1.165, 1.54) is 30.1 Å². The van der Waals surface area contributed by atoms with Gasteiger partial charge >= 0.3 is 0 Å². The molecule has 1 amide bonds. The van der Waals surface area contributed by atoms with E-state index in [1.54, 1.807) is 6.07 Å². The van der Waals surface area contributed by atoms with Crippen LogP contribution in [-0.4, -0.2) is 39.7 Å². The Morgan fingerprint density at radius 3 is 3.00 bits per heavy atom. The maximum absolute atomic E-state index is 11.9. The number of methoxy groups -OCH3 is 1. The number of nitrogens with two attached hydrogens (primary N) is 1. The monoisotopic (exact) mass is 277 g/mol. The predicted molar refractivity (Wildman–Crippen MR) is 71.7 cm³/mol. The Hall–Kier alpha value is -2.61. The van der Waals surface area contributed by atoms with E-state index in [0.29, 0.717) is 18.8 Å². The molecule has 1 aromatic heterocycles. The number of carbonyl (C=O) groups excluding carboxylic acids is 1. The number of aromatic hydroxyl groups is 1. The second-order valence-electron chi connectivity index (χ2n) is 3.99. The number of phenols is 1. The molecule has 0 atom stereocenters. The topological polar surface area (TPSA) is 115 Å². The number of hydrogen-bond acceptors (Lipinski definition) is 6. The lowest BCUT2D eigenvalue weighted by Crippen LogP contribution is -2.13. The molecule has 0 radical (unpaired) electrons. The Bertz CT molecular complexity index is 611. The summed E-state index contributed by atoms with van der Waals surface area (Å²) in [6.45, 7) is 0.887. The Morgan fingerprint density at radius 2 is 2.35 bits per heavy atom. The van der Waals surface area contributed by atoms with Gasteiger partial charge in [0.15, 0.2) is 5.69 Å². The van der Waals surface area contributed by atoms with Crippen molar-refractivity contribution in [2.24, 2.45) is 5.73 Å². The number of phenolic OH excluding ortho intramolecular Hbond substituents is 1. The number of anilines is 1. The third-order valence-electron chi connectivity index (χ3n) is 2.58. The molecule has 0 saturated heterocycles. The van der Waals surface area contributed by atoms with E-state index in [-0.39, 0.29) is 17.1 Å². The highest BCUT2D eigenvalue weighted by Gasteiger charge is 2.13. The maximum Gasteiger partial charge on any atom is 0.277 e. The first-order valence-corrected chi connectivity index (χ1v) is 5.92. The van der Waals surface area contributed by atoms with E-state index in [4.69, 9.17) is 10.5 Å². The number of carbonyl (C=O) groups is 1. The third-order valence-corrected chi connectivity index (χ3v) is 2.58. The summed E-state index contributed by atoms with van der Waals surface area (Å²) in [7, 11) is 1.49. The number of hydrogen-bond donors (Lipinski definition) is 3. The van der Waals surface area contributed by atoms with Crippen LogP contribution in [0.4, 0.5) is 5.69 Å². The molecule has 8 heteroatoms. The van der Waals surface area contributed by atoms with Gasteiger partial charge in [0, 0.05) is 12.6 Å². The van der Waals surface area contributed by atoms with Crippen molar-refractivity contribution in [3.05, 3.63) is 30.1 Å². The highest BCUT2D eigenvalue weighted by molar-refractivity contribution is 6.03. The molecule has 0 spiro atoms. The molecular weight excluding hydrogens is 262 g/mol. The van der Waals surface area contributed by atoms with Gasteiger partial charge in [0.1, 0.15) is 11.5 Å². The Labute approximate surface area is 115 Å². The van der Waals surface area contributed by atoms with Crippen molar-refractivity contribution in [2.45, 2.75) is 6.54 Å². The lowest BCUT2D eigenvalue weighted by Gasteiger charge is -2.07. The average molecular weight is 277 g/mol. The van der Waals surface area contributed by atoms with Crippen molar-refractivity contribution >= 4 is 11.6 Å². The minimum Gasteiger partial charge on any atom is -0.506 e. The van der Waals surface area contributed by atoms with Crippen LogP contribution in [0.2, 0.25) is 0 Å². The zero-order valence-electron chi connectivity index (χ0n) is 10.9. The zero-order chi connectivity index (χ0) is 14.5. The van der Waals surface area contributed by atoms with Gasteiger partial charge in [-0.15, -0.1) is 5.10 Å². The lowest BCUT2D eigenvalue weighted by molar-refractivity contribution is 0.102. The smallest absolute Gasteiger partial charge is 0.277 e. The quantitative estimate of drug-likeness (QED) is 0.673. The van der Waals surface area contributed by atoms with E-state index in [0.717, 1.165) is 0 Å². The van der Waals surface area contributed by atoms with Gasteiger partial charge in [-0.2, -0.15) is 0 Å². The molecule has 0 aliphatic carbocycles. The van der Waals surface area contributed by atoms with Crippen LogP contribution in [0.5, 0.6) is 11.5 Å². The minimum atomic E-state index is -0.464. The molecule has 0 bridgehead atoms. The third kappa shape index (κ3) is 3.04. The van der Waals surface area contributed by atoms with Crippen LogP contribution in [0.25, 0.3) is 0 Å². The number of aromatic nitrogens is 3. The summed E-state index contributed by atoms with van der Waals surface area (Å²) in [5.74, 6) is -0.0600. The van der Waals surface area contributed by atoms with Gasteiger partial charge in [-0.25, -0.2) is 0 Å². The standard InChI is InChI=1S/C12H15N5O3/c1-20-8-2-3-9(11(18)6-8)14-12(19)10-7-17(5-4-13)16-15-10/h2-3,6-7,18H,4-5,13H2,1H3,(H,14,19). The van der Waals surface area contributed by atoms with Crippen LogP contribution in [-0.2, 0) is 6.54 Å². The highest BCUT2D eigenvalue weighted by atomic mass is 16.5. The summed E-state index contributed by atoms with van der Waals surface area (Å²) in [5, 5.41) is 19.8. The Morgan fingerprint density at radius 1 is 1.55 bits per heavy atom. The van der Waals surface area contributed by atoms with Crippen LogP contribution >= 0.6 is 0 Å². The summed E-state index contributed by atoms with van der Waals surface area (Å²) < 4.78 is 6.43. The molecule has 0 aliphatic heterocycles. The molecule has 4 N–H and O–H groups in total. The molecule has 0 unspecified atom stereocenters. The van der Waals surface area contributed by atoms with Crippen LogP contribution in [0.1, 0.15) is 10.5 Å². The van der Waals surface area contributed by atoms with Crippen LogP contribution < -0.4 is 15.8 Å².